The second-order valence-corrected chi connectivity index (χ2v) is 5.56. The van der Waals surface area contributed by atoms with Crippen LogP contribution in [0.25, 0.3) is 0 Å². The Morgan fingerprint density at radius 2 is 2.00 bits per heavy atom. The molecule has 0 amide bonds. The molecule has 2 nitrogen and oxygen atoms in total. The lowest BCUT2D eigenvalue weighted by Crippen LogP contribution is -2.28. The van der Waals surface area contributed by atoms with Crippen LogP contribution in [0.4, 0.5) is 4.39 Å². The van der Waals surface area contributed by atoms with E-state index in [1.807, 2.05) is 6.07 Å². The van der Waals surface area contributed by atoms with E-state index in [0.717, 1.165) is 4.88 Å². The Bertz CT molecular complexity index is 530. The Morgan fingerprint density at radius 3 is 2.53 bits per heavy atom. The second-order valence-electron chi connectivity index (χ2n) is 3.41. The second kappa shape index (κ2) is 5.33. The highest BCUT2D eigenvalue weighted by Crippen LogP contribution is 2.33. The molecule has 0 spiro atoms. The summed E-state index contributed by atoms with van der Waals surface area (Å²) >= 11 is 13.3. The van der Waals surface area contributed by atoms with Crippen LogP contribution in [0.15, 0.2) is 30.3 Å². The quantitative estimate of drug-likeness (QED) is 0.667. The molecule has 0 aliphatic rings. The number of hydrazine groups is 1. The molecular formula is C11H9Cl2FN2S. The molecule has 6 heteroatoms. The van der Waals surface area contributed by atoms with Gasteiger partial charge in [0, 0.05) is 9.90 Å². The average molecular weight is 291 g/mol. The van der Waals surface area contributed by atoms with Crippen molar-refractivity contribution in [1.82, 2.24) is 5.43 Å². The van der Waals surface area contributed by atoms with E-state index in [-0.39, 0.29) is 11.9 Å². The van der Waals surface area contributed by atoms with Crippen LogP contribution < -0.4 is 11.3 Å². The van der Waals surface area contributed by atoms with Crippen molar-refractivity contribution in [2.45, 2.75) is 6.04 Å². The number of nitrogens with one attached hydrogen (secondary N) is 1. The molecule has 0 fully saturated rings. The molecule has 1 atom stereocenters. The van der Waals surface area contributed by atoms with Crippen LogP contribution in [0.5, 0.6) is 0 Å². The summed E-state index contributed by atoms with van der Waals surface area (Å²) in [5.41, 5.74) is 3.37. The molecule has 1 aromatic heterocycles. The molecule has 2 rings (SSSR count). The van der Waals surface area contributed by atoms with Gasteiger partial charge >= 0.3 is 0 Å². The molecule has 90 valence electrons. The summed E-state index contributed by atoms with van der Waals surface area (Å²) in [7, 11) is 0. The lowest BCUT2D eigenvalue weighted by Gasteiger charge is -2.16. The van der Waals surface area contributed by atoms with Crippen LogP contribution in [0.2, 0.25) is 9.36 Å². The maximum atomic E-state index is 13.0. The molecule has 17 heavy (non-hydrogen) atoms. The van der Waals surface area contributed by atoms with Crippen LogP contribution in [-0.2, 0) is 0 Å². The maximum absolute atomic E-state index is 13.0. The Balaban J connectivity index is 2.42. The third kappa shape index (κ3) is 2.78. The van der Waals surface area contributed by atoms with Gasteiger partial charge in [0.15, 0.2) is 0 Å². The van der Waals surface area contributed by atoms with E-state index in [2.05, 4.69) is 5.43 Å². The molecule has 0 aliphatic heterocycles. The Labute approximate surface area is 112 Å². The summed E-state index contributed by atoms with van der Waals surface area (Å²) in [6.45, 7) is 0. The first-order chi connectivity index (χ1) is 8.11. The lowest BCUT2D eigenvalue weighted by molar-refractivity contribution is 0.618. The maximum Gasteiger partial charge on any atom is 0.124 e. The summed E-state index contributed by atoms with van der Waals surface area (Å²) < 4.78 is 13.6. The number of nitrogens with two attached hydrogens (primary N) is 1. The van der Waals surface area contributed by atoms with Crippen molar-refractivity contribution < 1.29 is 4.39 Å². The summed E-state index contributed by atoms with van der Waals surface area (Å²) in [6.07, 6.45) is 0. The zero-order valence-corrected chi connectivity index (χ0v) is 10.9. The number of hydrogen-bond donors (Lipinski definition) is 2. The minimum Gasteiger partial charge on any atom is -0.271 e. The summed E-state index contributed by atoms with van der Waals surface area (Å²) in [5.74, 6) is 5.14. The molecule has 1 heterocycles. The number of thiophene rings is 1. The number of rotatable bonds is 3. The van der Waals surface area contributed by atoms with Crippen molar-refractivity contribution in [2.24, 2.45) is 5.84 Å². The molecule has 0 radical (unpaired) electrons. The largest absolute Gasteiger partial charge is 0.271 e. The van der Waals surface area contributed by atoms with Gasteiger partial charge in [0.25, 0.3) is 0 Å². The average Bonchev–Trinajstić information content (AvgIpc) is 2.69. The van der Waals surface area contributed by atoms with Crippen molar-refractivity contribution in [1.29, 1.82) is 0 Å². The summed E-state index contributed by atoms with van der Waals surface area (Å²) in [6, 6.07) is 7.56. The highest BCUT2D eigenvalue weighted by atomic mass is 35.5. The number of halogens is 3. The van der Waals surface area contributed by atoms with Gasteiger partial charge in [-0.2, -0.15) is 0 Å². The first-order valence-corrected chi connectivity index (χ1v) is 6.35. The van der Waals surface area contributed by atoms with Gasteiger partial charge in [-0.1, -0.05) is 29.3 Å². The van der Waals surface area contributed by atoms with E-state index in [1.165, 1.54) is 23.5 Å². The normalized spacial score (nSPS) is 12.7. The monoisotopic (exact) mass is 290 g/mol. The summed E-state index contributed by atoms with van der Waals surface area (Å²) in [5, 5.41) is 0.331. The van der Waals surface area contributed by atoms with E-state index >= 15 is 0 Å². The van der Waals surface area contributed by atoms with Crippen molar-refractivity contribution in [2.75, 3.05) is 0 Å². The van der Waals surface area contributed by atoms with E-state index < -0.39 is 0 Å². The molecule has 3 N–H and O–H groups in total. The topological polar surface area (TPSA) is 38.0 Å². The summed E-state index contributed by atoms with van der Waals surface area (Å²) in [4.78, 5) is 0.922. The number of benzene rings is 1. The van der Waals surface area contributed by atoms with Gasteiger partial charge in [-0.25, -0.2) is 9.82 Å². The Hall–Kier alpha value is -0.650. The minimum atomic E-state index is -0.376. The smallest absolute Gasteiger partial charge is 0.124 e. The zero-order valence-electron chi connectivity index (χ0n) is 8.58. The zero-order chi connectivity index (χ0) is 12.4. The van der Waals surface area contributed by atoms with Gasteiger partial charge < -0.3 is 0 Å². The van der Waals surface area contributed by atoms with Gasteiger partial charge in [-0.15, -0.1) is 11.3 Å². The molecule has 1 unspecified atom stereocenters. The van der Waals surface area contributed by atoms with Gasteiger partial charge in [0.1, 0.15) is 5.82 Å². The molecule has 0 aliphatic carbocycles. The van der Waals surface area contributed by atoms with E-state index in [1.54, 1.807) is 12.1 Å². The molecule has 1 aromatic carbocycles. The van der Waals surface area contributed by atoms with E-state index in [0.29, 0.717) is 14.9 Å². The number of hydrogen-bond acceptors (Lipinski definition) is 3. The molecule has 0 bridgehead atoms. The predicted octanol–water partition coefficient (Wildman–Crippen LogP) is 3.75. The van der Waals surface area contributed by atoms with Crippen LogP contribution in [-0.4, -0.2) is 0 Å². The van der Waals surface area contributed by atoms with Crippen molar-refractivity contribution >= 4 is 34.5 Å². The fourth-order valence-corrected chi connectivity index (χ4v) is 2.96. The standard InChI is InChI=1S/C11H9Cl2FN2S/c12-8-5-6(14)1-2-7(8)11(16-15)9-3-4-10(13)17-9/h1-5,11,16H,15H2. The molecule has 2 aromatic rings. The predicted molar refractivity (Wildman–Crippen MR) is 69.9 cm³/mol. The van der Waals surface area contributed by atoms with Gasteiger partial charge in [0.05, 0.1) is 10.4 Å². The first kappa shape index (κ1) is 12.8. The third-order valence-electron chi connectivity index (χ3n) is 2.32. The van der Waals surface area contributed by atoms with Crippen LogP contribution in [0, 0.1) is 5.82 Å². The van der Waals surface area contributed by atoms with Crippen molar-refractivity contribution in [3.63, 3.8) is 0 Å². The molecule has 0 saturated heterocycles. The highest BCUT2D eigenvalue weighted by Gasteiger charge is 2.17. The highest BCUT2D eigenvalue weighted by molar-refractivity contribution is 7.16. The Morgan fingerprint density at radius 1 is 1.24 bits per heavy atom. The van der Waals surface area contributed by atoms with Gasteiger partial charge in [-0.3, -0.25) is 5.84 Å². The van der Waals surface area contributed by atoms with E-state index in [4.69, 9.17) is 29.0 Å². The fraction of sp³-hybridized carbons (Fsp3) is 0.0909. The van der Waals surface area contributed by atoms with Gasteiger partial charge in [0.2, 0.25) is 0 Å². The molecular weight excluding hydrogens is 282 g/mol. The lowest BCUT2D eigenvalue weighted by atomic mass is 10.1. The van der Waals surface area contributed by atoms with Crippen LogP contribution >= 0.6 is 34.5 Å². The third-order valence-corrected chi connectivity index (χ3v) is 3.94. The van der Waals surface area contributed by atoms with Crippen molar-refractivity contribution in [3.8, 4) is 0 Å². The minimum absolute atomic E-state index is 0.291. The van der Waals surface area contributed by atoms with Crippen LogP contribution in [0.1, 0.15) is 16.5 Å². The van der Waals surface area contributed by atoms with Crippen LogP contribution in [0.3, 0.4) is 0 Å². The van der Waals surface area contributed by atoms with Crippen molar-refractivity contribution in [3.05, 3.63) is 55.9 Å². The molecule has 0 saturated carbocycles. The van der Waals surface area contributed by atoms with Gasteiger partial charge in [-0.05, 0) is 29.8 Å². The fourth-order valence-electron chi connectivity index (χ4n) is 1.54. The van der Waals surface area contributed by atoms with E-state index in [9.17, 15) is 4.39 Å². The first-order valence-electron chi connectivity index (χ1n) is 4.78. The Kier molecular flexibility index (Phi) is 4.01. The SMILES string of the molecule is NNC(c1ccc(Cl)s1)c1ccc(F)cc1Cl.